The van der Waals surface area contributed by atoms with Crippen molar-refractivity contribution >= 4 is 11.9 Å². The van der Waals surface area contributed by atoms with Gasteiger partial charge in [-0.25, -0.2) is 0 Å². The van der Waals surface area contributed by atoms with Gasteiger partial charge in [-0.15, -0.1) is 0 Å². The smallest absolute Gasteiger partial charge is 0.251 e. The summed E-state index contributed by atoms with van der Waals surface area (Å²) in [5.74, 6) is 0.674. The van der Waals surface area contributed by atoms with E-state index in [-0.39, 0.29) is 12.0 Å². The predicted molar refractivity (Wildman–Crippen MR) is 123 cm³/mol. The van der Waals surface area contributed by atoms with E-state index < -0.39 is 0 Å². The number of benzene rings is 1. The molecule has 2 fully saturated rings. The van der Waals surface area contributed by atoms with E-state index in [0.29, 0.717) is 31.4 Å². The molecule has 172 valence electrons. The lowest BCUT2D eigenvalue weighted by Crippen LogP contribution is -2.39. The molecule has 0 radical (unpaired) electrons. The van der Waals surface area contributed by atoms with Crippen LogP contribution >= 0.6 is 0 Å². The number of hydrogen-bond acceptors (Lipinski definition) is 4. The third kappa shape index (κ3) is 8.50. The average molecular weight is 431 g/mol. The second-order valence-corrected chi connectivity index (χ2v) is 8.38. The largest absolute Gasteiger partial charge is 0.376 e. The van der Waals surface area contributed by atoms with E-state index in [1.165, 1.54) is 38.5 Å². The van der Waals surface area contributed by atoms with Gasteiger partial charge in [0, 0.05) is 38.9 Å². The summed E-state index contributed by atoms with van der Waals surface area (Å²) in [6.07, 6.45) is 10.3. The molecule has 1 aromatic rings. The molecule has 1 amide bonds. The molecule has 2 aliphatic rings. The van der Waals surface area contributed by atoms with Crippen LogP contribution in [0.25, 0.3) is 0 Å². The summed E-state index contributed by atoms with van der Waals surface area (Å²) < 4.78 is 11.6. The molecular weight excluding hydrogens is 392 g/mol. The van der Waals surface area contributed by atoms with Crippen LogP contribution in [0.5, 0.6) is 0 Å². The SMILES string of the molecule is CN=C(NCCOC1CCCCCC1)NCc1cccc(C(=O)NCC2CCCO2)c1. The number of nitrogens with one attached hydrogen (secondary N) is 3. The third-order valence-corrected chi connectivity index (χ3v) is 5.94. The second kappa shape index (κ2) is 13.3. The Hall–Kier alpha value is -2.12. The van der Waals surface area contributed by atoms with Gasteiger partial charge >= 0.3 is 0 Å². The van der Waals surface area contributed by atoms with Crippen LogP contribution in [0.2, 0.25) is 0 Å². The van der Waals surface area contributed by atoms with Crippen molar-refractivity contribution in [2.45, 2.75) is 70.1 Å². The Labute approximate surface area is 186 Å². The first kappa shape index (κ1) is 23.5. The van der Waals surface area contributed by atoms with Crippen molar-refractivity contribution in [3.63, 3.8) is 0 Å². The lowest BCUT2D eigenvalue weighted by molar-refractivity contribution is 0.0468. The van der Waals surface area contributed by atoms with Crippen LogP contribution in [-0.4, -0.2) is 57.4 Å². The number of rotatable bonds is 9. The topological polar surface area (TPSA) is 84.0 Å². The minimum Gasteiger partial charge on any atom is -0.376 e. The number of aliphatic imine (C=N–C) groups is 1. The Morgan fingerprint density at radius 1 is 1.10 bits per heavy atom. The van der Waals surface area contributed by atoms with Crippen LogP contribution in [-0.2, 0) is 16.0 Å². The summed E-state index contributed by atoms with van der Waals surface area (Å²) >= 11 is 0. The molecule has 1 saturated carbocycles. The predicted octanol–water partition coefficient (Wildman–Crippen LogP) is 3.00. The molecule has 0 aromatic heterocycles. The van der Waals surface area contributed by atoms with E-state index in [1.807, 2.05) is 24.3 Å². The molecule has 1 saturated heterocycles. The molecule has 7 heteroatoms. The summed E-state index contributed by atoms with van der Waals surface area (Å²) in [4.78, 5) is 16.7. The van der Waals surface area contributed by atoms with E-state index in [1.54, 1.807) is 7.05 Å². The van der Waals surface area contributed by atoms with Crippen LogP contribution in [0.4, 0.5) is 0 Å². The zero-order valence-corrected chi connectivity index (χ0v) is 18.8. The Bertz CT molecular complexity index is 696. The van der Waals surface area contributed by atoms with Gasteiger partial charge in [-0.05, 0) is 43.4 Å². The Morgan fingerprint density at radius 3 is 2.68 bits per heavy atom. The van der Waals surface area contributed by atoms with Gasteiger partial charge in [0.15, 0.2) is 5.96 Å². The first-order valence-corrected chi connectivity index (χ1v) is 11.8. The van der Waals surface area contributed by atoms with E-state index in [4.69, 9.17) is 9.47 Å². The van der Waals surface area contributed by atoms with E-state index >= 15 is 0 Å². The number of ether oxygens (including phenoxy) is 2. The molecule has 31 heavy (non-hydrogen) atoms. The molecule has 1 atom stereocenters. The van der Waals surface area contributed by atoms with Crippen LogP contribution in [0.1, 0.15) is 67.3 Å². The van der Waals surface area contributed by atoms with Crippen LogP contribution in [0, 0.1) is 0 Å². The van der Waals surface area contributed by atoms with Gasteiger partial charge in [0.2, 0.25) is 0 Å². The average Bonchev–Trinajstić information content (AvgIpc) is 3.19. The van der Waals surface area contributed by atoms with Crippen molar-refractivity contribution in [1.29, 1.82) is 0 Å². The fourth-order valence-electron chi connectivity index (χ4n) is 4.15. The zero-order valence-electron chi connectivity index (χ0n) is 18.8. The molecule has 1 aliphatic heterocycles. The molecule has 7 nitrogen and oxygen atoms in total. The molecule has 0 spiro atoms. The van der Waals surface area contributed by atoms with Crippen molar-refractivity contribution in [2.75, 3.05) is 33.4 Å². The highest BCUT2D eigenvalue weighted by Gasteiger charge is 2.17. The van der Waals surface area contributed by atoms with Crippen molar-refractivity contribution in [3.05, 3.63) is 35.4 Å². The number of hydrogen-bond donors (Lipinski definition) is 3. The highest BCUT2D eigenvalue weighted by atomic mass is 16.5. The highest BCUT2D eigenvalue weighted by molar-refractivity contribution is 5.94. The molecule has 1 aromatic carbocycles. The Morgan fingerprint density at radius 2 is 1.94 bits per heavy atom. The summed E-state index contributed by atoms with van der Waals surface area (Å²) in [7, 11) is 1.76. The quantitative estimate of drug-likeness (QED) is 0.243. The first-order chi connectivity index (χ1) is 15.2. The minimum absolute atomic E-state index is 0.0597. The third-order valence-electron chi connectivity index (χ3n) is 5.94. The Balaban J connectivity index is 1.36. The maximum Gasteiger partial charge on any atom is 0.251 e. The van der Waals surface area contributed by atoms with Crippen molar-refractivity contribution in [1.82, 2.24) is 16.0 Å². The number of carbonyl (C=O) groups excluding carboxylic acids is 1. The van der Waals surface area contributed by atoms with Gasteiger partial charge in [0.25, 0.3) is 5.91 Å². The molecule has 1 unspecified atom stereocenters. The normalized spacial score (nSPS) is 20.3. The van der Waals surface area contributed by atoms with Gasteiger partial charge in [0.05, 0.1) is 18.8 Å². The van der Waals surface area contributed by atoms with E-state index in [0.717, 1.165) is 37.5 Å². The van der Waals surface area contributed by atoms with Crippen LogP contribution in [0.15, 0.2) is 29.3 Å². The van der Waals surface area contributed by atoms with Gasteiger partial charge in [-0.3, -0.25) is 9.79 Å². The molecule has 1 heterocycles. The van der Waals surface area contributed by atoms with Gasteiger partial charge < -0.3 is 25.4 Å². The van der Waals surface area contributed by atoms with Crippen molar-refractivity contribution in [3.8, 4) is 0 Å². The minimum atomic E-state index is -0.0597. The van der Waals surface area contributed by atoms with Gasteiger partial charge in [-0.2, -0.15) is 0 Å². The summed E-state index contributed by atoms with van der Waals surface area (Å²) in [6, 6.07) is 7.67. The Kier molecular flexibility index (Phi) is 10.1. The standard InChI is InChI=1S/C24H38N4O3/c1-25-24(26-13-15-31-21-10-4-2-3-5-11-21)28-17-19-8-6-9-20(16-19)23(29)27-18-22-12-7-14-30-22/h6,8-9,16,21-22H,2-5,7,10-15,17-18H2,1H3,(H,27,29)(H2,25,26,28). The lowest BCUT2D eigenvalue weighted by atomic mass is 10.1. The van der Waals surface area contributed by atoms with Crippen LogP contribution < -0.4 is 16.0 Å². The van der Waals surface area contributed by atoms with Crippen molar-refractivity contribution in [2.24, 2.45) is 4.99 Å². The summed E-state index contributed by atoms with van der Waals surface area (Å²) in [5.41, 5.74) is 1.69. The molecule has 3 N–H and O–H groups in total. The molecule has 1 aliphatic carbocycles. The molecule has 3 rings (SSSR count). The first-order valence-electron chi connectivity index (χ1n) is 11.8. The number of nitrogens with zero attached hydrogens (tertiary/aromatic N) is 1. The summed E-state index contributed by atoms with van der Waals surface area (Å²) in [6.45, 7) is 3.37. The monoisotopic (exact) mass is 430 g/mol. The van der Waals surface area contributed by atoms with Crippen molar-refractivity contribution < 1.29 is 14.3 Å². The molecule has 0 bridgehead atoms. The van der Waals surface area contributed by atoms with Gasteiger partial charge in [0.1, 0.15) is 0 Å². The second-order valence-electron chi connectivity index (χ2n) is 8.38. The highest BCUT2D eigenvalue weighted by Crippen LogP contribution is 2.19. The van der Waals surface area contributed by atoms with E-state index in [9.17, 15) is 4.79 Å². The van der Waals surface area contributed by atoms with Crippen LogP contribution in [0.3, 0.4) is 0 Å². The number of carbonyl (C=O) groups is 1. The fourth-order valence-corrected chi connectivity index (χ4v) is 4.15. The van der Waals surface area contributed by atoms with E-state index in [2.05, 4.69) is 20.9 Å². The van der Waals surface area contributed by atoms with Gasteiger partial charge in [-0.1, -0.05) is 37.8 Å². The fraction of sp³-hybridized carbons (Fsp3) is 0.667. The zero-order chi connectivity index (χ0) is 21.7. The number of guanidine groups is 1. The number of amides is 1. The maximum absolute atomic E-state index is 12.4. The summed E-state index contributed by atoms with van der Waals surface area (Å²) in [5, 5.41) is 9.59. The lowest BCUT2D eigenvalue weighted by Gasteiger charge is -2.17. The molecular formula is C24H38N4O3. The maximum atomic E-state index is 12.4.